The Bertz CT molecular complexity index is 605. The minimum atomic E-state index is -0.130. The monoisotopic (exact) mass is 374 g/mol. The smallest absolute Gasteiger partial charge is 0.105 e. The Hall–Kier alpha value is -0.980. The van der Waals surface area contributed by atoms with E-state index in [2.05, 4.69) is 41.0 Å². The van der Waals surface area contributed by atoms with E-state index < -0.39 is 0 Å². The molecule has 0 unspecified atom stereocenters. The van der Waals surface area contributed by atoms with Crippen LogP contribution in [-0.4, -0.2) is 80.7 Å². The highest BCUT2D eigenvalue weighted by Crippen LogP contribution is 2.34. The molecule has 0 N–H and O–H groups in total. The summed E-state index contributed by atoms with van der Waals surface area (Å²) in [6.45, 7) is 11.5. The van der Waals surface area contributed by atoms with Crippen molar-refractivity contribution in [3.63, 3.8) is 0 Å². The third-order valence-electron chi connectivity index (χ3n) is 6.23. The number of ether oxygens (including phenoxy) is 3. The van der Waals surface area contributed by atoms with Crippen molar-refractivity contribution >= 4 is 0 Å². The van der Waals surface area contributed by atoms with Gasteiger partial charge in [0.2, 0.25) is 0 Å². The van der Waals surface area contributed by atoms with Crippen molar-refractivity contribution in [3.8, 4) is 0 Å². The SMILES string of the molecule is CCc1ccccc1CN1CCOC[C@@]2(CC[C@H](CN3CCOCC3)O2)C1. The average Bonchev–Trinajstić information content (AvgIpc) is 2.97. The number of benzene rings is 1. The summed E-state index contributed by atoms with van der Waals surface area (Å²) in [5.41, 5.74) is 2.77. The zero-order valence-electron chi connectivity index (χ0n) is 16.7. The van der Waals surface area contributed by atoms with Crippen molar-refractivity contribution in [2.45, 2.75) is 44.4 Å². The van der Waals surface area contributed by atoms with Crippen LogP contribution in [0, 0.1) is 0 Å². The first-order valence-corrected chi connectivity index (χ1v) is 10.6. The van der Waals surface area contributed by atoms with Crippen LogP contribution in [0.4, 0.5) is 0 Å². The Morgan fingerprint density at radius 3 is 2.56 bits per heavy atom. The molecule has 3 aliphatic heterocycles. The van der Waals surface area contributed by atoms with Crippen molar-refractivity contribution < 1.29 is 14.2 Å². The lowest BCUT2D eigenvalue weighted by Gasteiger charge is -2.34. The highest BCUT2D eigenvalue weighted by molar-refractivity contribution is 5.27. The van der Waals surface area contributed by atoms with Crippen LogP contribution in [0.5, 0.6) is 0 Å². The summed E-state index contributed by atoms with van der Waals surface area (Å²) in [4.78, 5) is 5.03. The number of hydrogen-bond donors (Lipinski definition) is 0. The number of rotatable bonds is 5. The molecule has 3 saturated heterocycles. The lowest BCUT2D eigenvalue weighted by atomic mass is 9.99. The summed E-state index contributed by atoms with van der Waals surface area (Å²) >= 11 is 0. The third kappa shape index (κ3) is 4.90. The lowest BCUT2D eigenvalue weighted by Crippen LogP contribution is -2.46. The maximum Gasteiger partial charge on any atom is 0.105 e. The van der Waals surface area contributed by atoms with Gasteiger partial charge in [0.15, 0.2) is 0 Å². The van der Waals surface area contributed by atoms with Gasteiger partial charge in [-0.2, -0.15) is 0 Å². The Balaban J connectivity index is 1.38. The van der Waals surface area contributed by atoms with Crippen molar-refractivity contribution in [1.29, 1.82) is 0 Å². The molecule has 27 heavy (non-hydrogen) atoms. The van der Waals surface area contributed by atoms with Gasteiger partial charge in [-0.1, -0.05) is 31.2 Å². The molecule has 3 fully saturated rings. The van der Waals surface area contributed by atoms with Crippen molar-refractivity contribution in [3.05, 3.63) is 35.4 Å². The molecule has 150 valence electrons. The van der Waals surface area contributed by atoms with Crippen LogP contribution in [0.25, 0.3) is 0 Å². The van der Waals surface area contributed by atoms with Crippen molar-refractivity contribution in [1.82, 2.24) is 9.80 Å². The minimum Gasteiger partial charge on any atom is -0.379 e. The Kier molecular flexibility index (Phi) is 6.46. The molecule has 0 aromatic heterocycles. The fourth-order valence-corrected chi connectivity index (χ4v) is 4.73. The molecule has 5 nitrogen and oxygen atoms in total. The summed E-state index contributed by atoms with van der Waals surface area (Å²) in [7, 11) is 0. The zero-order chi connectivity index (χ0) is 18.5. The maximum atomic E-state index is 6.65. The van der Waals surface area contributed by atoms with E-state index in [-0.39, 0.29) is 5.60 Å². The van der Waals surface area contributed by atoms with Crippen molar-refractivity contribution in [2.75, 3.05) is 59.2 Å². The standard InChI is InChI=1S/C22H34N2O3/c1-2-19-5-3-4-6-20(19)15-24-11-14-26-18-22(17-24)8-7-21(27-22)16-23-9-12-25-13-10-23/h3-6,21H,2,7-18H2,1H3/t21-,22-/m1/s1. The molecule has 1 spiro atoms. The number of aryl methyl sites for hydroxylation is 1. The van der Waals surface area contributed by atoms with Crippen LogP contribution < -0.4 is 0 Å². The van der Waals surface area contributed by atoms with Gasteiger partial charge in [-0.05, 0) is 30.4 Å². The first kappa shape index (κ1) is 19.3. The zero-order valence-corrected chi connectivity index (χ0v) is 16.7. The second-order valence-corrected chi connectivity index (χ2v) is 8.26. The molecule has 1 aromatic carbocycles. The van der Waals surface area contributed by atoms with Gasteiger partial charge in [0.1, 0.15) is 5.60 Å². The average molecular weight is 375 g/mol. The molecule has 5 heteroatoms. The lowest BCUT2D eigenvalue weighted by molar-refractivity contribution is -0.0967. The summed E-state index contributed by atoms with van der Waals surface area (Å²) in [6, 6.07) is 8.83. The molecular weight excluding hydrogens is 340 g/mol. The summed E-state index contributed by atoms with van der Waals surface area (Å²) in [6.07, 6.45) is 3.66. The van der Waals surface area contributed by atoms with Crippen LogP contribution in [0.2, 0.25) is 0 Å². The number of morpholine rings is 1. The van der Waals surface area contributed by atoms with Gasteiger partial charge in [-0.15, -0.1) is 0 Å². The van der Waals surface area contributed by atoms with E-state index in [1.165, 1.54) is 11.1 Å². The molecule has 0 aliphatic carbocycles. The van der Waals surface area contributed by atoms with Gasteiger partial charge >= 0.3 is 0 Å². The van der Waals surface area contributed by atoms with E-state index in [0.717, 1.165) is 85.0 Å². The highest BCUT2D eigenvalue weighted by atomic mass is 16.6. The normalized spacial score (nSPS) is 30.6. The molecule has 0 radical (unpaired) electrons. The third-order valence-corrected chi connectivity index (χ3v) is 6.23. The number of nitrogens with zero attached hydrogens (tertiary/aromatic N) is 2. The molecule has 1 aromatic rings. The molecule has 0 amide bonds. The Morgan fingerprint density at radius 2 is 1.74 bits per heavy atom. The minimum absolute atomic E-state index is 0.130. The first-order chi connectivity index (χ1) is 13.3. The molecule has 3 aliphatic rings. The van der Waals surface area contributed by atoms with E-state index in [9.17, 15) is 0 Å². The molecular formula is C22H34N2O3. The van der Waals surface area contributed by atoms with Crippen LogP contribution in [-0.2, 0) is 27.2 Å². The van der Waals surface area contributed by atoms with Gasteiger partial charge in [-0.25, -0.2) is 0 Å². The summed E-state index contributed by atoms with van der Waals surface area (Å²) < 4.78 is 18.1. The Labute approximate surface area is 163 Å². The summed E-state index contributed by atoms with van der Waals surface area (Å²) in [5, 5.41) is 0. The van der Waals surface area contributed by atoms with Gasteiger partial charge < -0.3 is 14.2 Å². The van der Waals surface area contributed by atoms with E-state index >= 15 is 0 Å². The molecule has 4 rings (SSSR count). The second kappa shape index (κ2) is 9.01. The fourth-order valence-electron chi connectivity index (χ4n) is 4.73. The van der Waals surface area contributed by atoms with E-state index in [4.69, 9.17) is 14.2 Å². The second-order valence-electron chi connectivity index (χ2n) is 8.26. The van der Waals surface area contributed by atoms with Gasteiger partial charge in [0.25, 0.3) is 0 Å². The van der Waals surface area contributed by atoms with E-state index in [1.54, 1.807) is 0 Å². The predicted molar refractivity (Wildman–Crippen MR) is 106 cm³/mol. The number of hydrogen-bond acceptors (Lipinski definition) is 5. The predicted octanol–water partition coefficient (Wildman–Crippen LogP) is 2.33. The Morgan fingerprint density at radius 1 is 1.00 bits per heavy atom. The first-order valence-electron chi connectivity index (χ1n) is 10.6. The largest absolute Gasteiger partial charge is 0.379 e. The van der Waals surface area contributed by atoms with E-state index in [0.29, 0.717) is 6.10 Å². The topological polar surface area (TPSA) is 34.2 Å². The maximum absolute atomic E-state index is 6.65. The van der Waals surface area contributed by atoms with Crippen LogP contribution in [0.15, 0.2) is 24.3 Å². The van der Waals surface area contributed by atoms with Crippen LogP contribution in [0.3, 0.4) is 0 Å². The molecule has 2 atom stereocenters. The molecule has 3 heterocycles. The molecule has 0 saturated carbocycles. The van der Waals surface area contributed by atoms with Gasteiger partial charge in [0.05, 0.1) is 32.5 Å². The fraction of sp³-hybridized carbons (Fsp3) is 0.727. The van der Waals surface area contributed by atoms with E-state index in [1.807, 2.05) is 0 Å². The molecule has 0 bridgehead atoms. The van der Waals surface area contributed by atoms with Crippen molar-refractivity contribution in [2.24, 2.45) is 0 Å². The van der Waals surface area contributed by atoms with Crippen LogP contribution in [0.1, 0.15) is 30.9 Å². The van der Waals surface area contributed by atoms with Crippen LogP contribution >= 0.6 is 0 Å². The summed E-state index contributed by atoms with van der Waals surface area (Å²) in [5.74, 6) is 0. The van der Waals surface area contributed by atoms with Gasteiger partial charge in [-0.3, -0.25) is 9.80 Å². The highest BCUT2D eigenvalue weighted by Gasteiger charge is 2.43. The van der Waals surface area contributed by atoms with Gasteiger partial charge in [0, 0.05) is 39.3 Å². The quantitative estimate of drug-likeness (QED) is 0.790.